The van der Waals surface area contributed by atoms with Gasteiger partial charge in [0.25, 0.3) is 0 Å². The van der Waals surface area contributed by atoms with Crippen molar-refractivity contribution in [3.05, 3.63) is 138 Å². The number of hydrogen-bond donors (Lipinski definition) is 0. The van der Waals surface area contributed by atoms with Gasteiger partial charge in [0.05, 0.1) is 28.7 Å². The van der Waals surface area contributed by atoms with Gasteiger partial charge in [-0.25, -0.2) is 9.97 Å². The zero-order valence-electron chi connectivity index (χ0n) is 22.8. The molecule has 0 unspecified atom stereocenters. The number of nitrogens with zero attached hydrogens (tertiary/aromatic N) is 4. The Labute approximate surface area is 239 Å². The van der Waals surface area contributed by atoms with Crippen molar-refractivity contribution in [3.63, 3.8) is 0 Å². The Kier molecular flexibility index (Phi) is 5.80. The van der Waals surface area contributed by atoms with Crippen LogP contribution in [0.15, 0.2) is 121 Å². The number of benzene rings is 4. The highest BCUT2D eigenvalue weighted by atomic mass is 14.9. The molecular formula is C37H26N4. The van der Waals surface area contributed by atoms with Gasteiger partial charge >= 0.3 is 0 Å². The van der Waals surface area contributed by atoms with Crippen LogP contribution in [0.2, 0.25) is 0 Å². The minimum Gasteiger partial charge on any atom is -0.256 e. The van der Waals surface area contributed by atoms with E-state index in [1.807, 2.05) is 72.9 Å². The molecule has 4 nitrogen and oxygen atoms in total. The first-order valence-corrected chi connectivity index (χ1v) is 13.7. The molecule has 0 N–H and O–H groups in total. The van der Waals surface area contributed by atoms with E-state index in [-0.39, 0.29) is 5.41 Å². The third-order valence-electron chi connectivity index (χ3n) is 7.99. The molecule has 7 rings (SSSR count). The van der Waals surface area contributed by atoms with Crippen molar-refractivity contribution >= 4 is 0 Å². The molecule has 1 aliphatic rings. The Morgan fingerprint density at radius 3 is 1.98 bits per heavy atom. The summed E-state index contributed by atoms with van der Waals surface area (Å²) in [6.45, 7) is 4.45. The van der Waals surface area contributed by atoms with Crippen LogP contribution in [-0.4, -0.2) is 15.0 Å². The Morgan fingerprint density at radius 1 is 0.585 bits per heavy atom. The van der Waals surface area contributed by atoms with E-state index in [2.05, 4.69) is 68.4 Å². The molecule has 0 atom stereocenters. The van der Waals surface area contributed by atoms with Gasteiger partial charge in [-0.05, 0) is 58.7 Å². The first-order chi connectivity index (χ1) is 20.0. The van der Waals surface area contributed by atoms with Crippen molar-refractivity contribution in [2.45, 2.75) is 19.3 Å². The molecule has 1 aliphatic carbocycles. The molecular weight excluding hydrogens is 500 g/mol. The summed E-state index contributed by atoms with van der Waals surface area (Å²) >= 11 is 0. The van der Waals surface area contributed by atoms with Gasteiger partial charge in [-0.1, -0.05) is 92.7 Å². The zero-order valence-corrected chi connectivity index (χ0v) is 22.8. The number of aromatic nitrogens is 3. The lowest BCUT2D eigenvalue weighted by Gasteiger charge is -2.22. The van der Waals surface area contributed by atoms with Crippen LogP contribution in [0, 0.1) is 11.3 Å². The molecule has 2 aromatic heterocycles. The maximum absolute atomic E-state index is 9.50. The summed E-state index contributed by atoms with van der Waals surface area (Å²) in [6, 6.07) is 41.3. The van der Waals surface area contributed by atoms with Gasteiger partial charge < -0.3 is 0 Å². The Bertz CT molecular complexity index is 1910. The highest BCUT2D eigenvalue weighted by molar-refractivity contribution is 5.87. The molecule has 0 fully saturated rings. The lowest BCUT2D eigenvalue weighted by molar-refractivity contribution is 0.660. The summed E-state index contributed by atoms with van der Waals surface area (Å²) in [5.74, 6) is 0.676. The minimum atomic E-state index is -0.238. The van der Waals surface area contributed by atoms with Gasteiger partial charge in [-0.15, -0.1) is 0 Å². The normalized spacial score (nSPS) is 12.8. The third-order valence-corrected chi connectivity index (χ3v) is 7.99. The SMILES string of the molecule is CC1(C)c2cc(C#N)ccc2-c2ccc(-c3ncccc3-c3cc(-c4ccccc4)nc(-c4ccccc4)n3)cc21. The summed E-state index contributed by atoms with van der Waals surface area (Å²) < 4.78 is 0. The predicted octanol–water partition coefficient (Wildman–Crippen LogP) is 8.72. The molecule has 0 saturated heterocycles. The van der Waals surface area contributed by atoms with Crippen LogP contribution in [0.5, 0.6) is 0 Å². The van der Waals surface area contributed by atoms with Gasteiger partial charge in [0.15, 0.2) is 5.82 Å². The van der Waals surface area contributed by atoms with E-state index in [0.717, 1.165) is 39.3 Å². The molecule has 6 aromatic rings. The van der Waals surface area contributed by atoms with E-state index in [1.165, 1.54) is 22.3 Å². The molecule has 0 spiro atoms. The molecule has 0 bridgehead atoms. The molecule has 0 amide bonds. The van der Waals surface area contributed by atoms with Crippen molar-refractivity contribution in [1.82, 2.24) is 15.0 Å². The van der Waals surface area contributed by atoms with Crippen LogP contribution in [0.3, 0.4) is 0 Å². The number of pyridine rings is 1. The highest BCUT2D eigenvalue weighted by Gasteiger charge is 2.36. The van der Waals surface area contributed by atoms with E-state index in [4.69, 9.17) is 15.0 Å². The molecule has 194 valence electrons. The average Bonchev–Trinajstić information content (AvgIpc) is 3.26. The summed E-state index contributed by atoms with van der Waals surface area (Å²) in [7, 11) is 0. The molecule has 0 saturated carbocycles. The molecule has 0 aliphatic heterocycles. The third kappa shape index (κ3) is 4.20. The van der Waals surface area contributed by atoms with Crippen molar-refractivity contribution in [1.29, 1.82) is 5.26 Å². The van der Waals surface area contributed by atoms with Gasteiger partial charge in [-0.3, -0.25) is 4.98 Å². The predicted molar refractivity (Wildman–Crippen MR) is 164 cm³/mol. The summed E-state index contributed by atoms with van der Waals surface area (Å²) in [5.41, 5.74) is 11.8. The summed E-state index contributed by atoms with van der Waals surface area (Å²) in [5, 5.41) is 9.50. The second kappa shape index (κ2) is 9.66. The van der Waals surface area contributed by atoms with Crippen molar-refractivity contribution in [2.24, 2.45) is 0 Å². The number of fused-ring (bicyclic) bond motifs is 3. The lowest BCUT2D eigenvalue weighted by Crippen LogP contribution is -2.15. The fraction of sp³-hybridized carbons (Fsp3) is 0.0811. The standard InChI is InChI=1S/C37H26N4/c1-37(2)31-20-24(23-38)15-17-28(31)29-18-16-27(21-32(29)37)35-30(14-9-19-39-35)34-22-33(25-10-5-3-6-11-25)40-36(41-34)26-12-7-4-8-13-26/h3-22H,1-2H3. The second-order valence-electron chi connectivity index (χ2n) is 10.9. The first kappa shape index (κ1) is 24.6. The maximum Gasteiger partial charge on any atom is 0.160 e. The zero-order chi connectivity index (χ0) is 28.0. The minimum absolute atomic E-state index is 0.238. The molecule has 2 heterocycles. The number of hydrogen-bond acceptors (Lipinski definition) is 4. The topological polar surface area (TPSA) is 62.5 Å². The number of nitriles is 1. The van der Waals surface area contributed by atoms with Crippen LogP contribution in [-0.2, 0) is 5.41 Å². The van der Waals surface area contributed by atoms with Crippen LogP contribution < -0.4 is 0 Å². The van der Waals surface area contributed by atoms with Gasteiger partial charge in [0, 0.05) is 33.9 Å². The average molecular weight is 527 g/mol. The quantitative estimate of drug-likeness (QED) is 0.230. The Hall–Kier alpha value is -5.40. The van der Waals surface area contributed by atoms with Crippen molar-refractivity contribution in [2.75, 3.05) is 0 Å². The molecule has 41 heavy (non-hydrogen) atoms. The van der Waals surface area contributed by atoms with Gasteiger partial charge in [0.2, 0.25) is 0 Å². The summed E-state index contributed by atoms with van der Waals surface area (Å²) in [4.78, 5) is 14.9. The fourth-order valence-electron chi connectivity index (χ4n) is 5.85. The van der Waals surface area contributed by atoms with E-state index < -0.39 is 0 Å². The van der Waals surface area contributed by atoms with E-state index in [0.29, 0.717) is 11.4 Å². The Morgan fingerprint density at radius 2 is 1.24 bits per heavy atom. The summed E-state index contributed by atoms with van der Waals surface area (Å²) in [6.07, 6.45) is 1.84. The largest absolute Gasteiger partial charge is 0.256 e. The Balaban J connectivity index is 1.39. The lowest BCUT2D eigenvalue weighted by atomic mass is 9.81. The molecule has 0 radical (unpaired) electrons. The number of rotatable bonds is 4. The van der Waals surface area contributed by atoms with Crippen LogP contribution in [0.1, 0.15) is 30.5 Å². The van der Waals surface area contributed by atoms with Gasteiger partial charge in [-0.2, -0.15) is 5.26 Å². The van der Waals surface area contributed by atoms with Crippen LogP contribution >= 0.6 is 0 Å². The van der Waals surface area contributed by atoms with E-state index in [9.17, 15) is 5.26 Å². The van der Waals surface area contributed by atoms with E-state index in [1.54, 1.807) is 0 Å². The molecule has 4 heteroatoms. The van der Waals surface area contributed by atoms with Crippen LogP contribution in [0.25, 0.3) is 56.3 Å². The highest BCUT2D eigenvalue weighted by Crippen LogP contribution is 2.50. The van der Waals surface area contributed by atoms with Gasteiger partial charge in [0.1, 0.15) is 0 Å². The van der Waals surface area contributed by atoms with Crippen molar-refractivity contribution < 1.29 is 0 Å². The fourth-order valence-corrected chi connectivity index (χ4v) is 5.85. The smallest absolute Gasteiger partial charge is 0.160 e. The monoisotopic (exact) mass is 526 g/mol. The first-order valence-electron chi connectivity index (χ1n) is 13.7. The molecule has 4 aromatic carbocycles. The maximum atomic E-state index is 9.50. The van der Waals surface area contributed by atoms with E-state index >= 15 is 0 Å². The van der Waals surface area contributed by atoms with Crippen molar-refractivity contribution in [3.8, 4) is 62.4 Å². The van der Waals surface area contributed by atoms with Crippen LogP contribution in [0.4, 0.5) is 0 Å². The second-order valence-corrected chi connectivity index (χ2v) is 10.9.